The Hall–Kier alpha value is -3.80. The number of hydrogen-bond acceptors (Lipinski definition) is 7. The summed E-state index contributed by atoms with van der Waals surface area (Å²) in [5.41, 5.74) is 1.70. The Kier molecular flexibility index (Phi) is 10.2. The number of aliphatic hydroxyl groups excluding tert-OH is 1. The number of aryl methyl sites for hydroxylation is 2. The molecule has 2 aromatic carbocycles. The Balaban J connectivity index is 1.50. The zero-order valence-electron chi connectivity index (χ0n) is 28.3. The van der Waals surface area contributed by atoms with Crippen molar-refractivity contribution in [1.29, 1.82) is 0 Å². The van der Waals surface area contributed by atoms with Crippen molar-refractivity contribution in [2.45, 2.75) is 76.9 Å². The van der Waals surface area contributed by atoms with Crippen LogP contribution in [0.25, 0.3) is 0 Å². The predicted octanol–water partition coefficient (Wildman–Crippen LogP) is 4.67. The topological polar surface area (TPSA) is 125 Å². The van der Waals surface area contributed by atoms with E-state index < -0.39 is 53.6 Å². The number of allylic oxidation sites excluding steroid dienone is 1. The molecule has 0 unspecified atom stereocenters. The van der Waals surface area contributed by atoms with Crippen LogP contribution in [0.15, 0.2) is 71.2 Å². The van der Waals surface area contributed by atoms with Crippen molar-refractivity contribution in [3.05, 3.63) is 87.9 Å². The number of anilines is 1. The SMILES string of the molecule is Cc1ccc(C)c(N2C/C=C\CCC(=O)NC[C@@H](c3ccccc3)OC(=O)[C@@H]3[C@H]4O[C@@]5(C=C4Br)[C@H](C2=O)N([C@@H](CO)CC(C)C)C(=O)[C@@H]35)c1. The summed E-state index contributed by atoms with van der Waals surface area (Å²) in [5, 5.41) is 13.6. The molecule has 3 amide bonds. The highest BCUT2D eigenvalue weighted by atomic mass is 79.9. The molecule has 2 fully saturated rings. The van der Waals surface area contributed by atoms with Gasteiger partial charge in [0.1, 0.15) is 29.8 Å². The number of nitrogens with one attached hydrogen (secondary N) is 1. The van der Waals surface area contributed by atoms with Crippen molar-refractivity contribution < 1.29 is 33.8 Å². The van der Waals surface area contributed by atoms with Crippen LogP contribution in [0.4, 0.5) is 5.69 Å². The van der Waals surface area contributed by atoms with Crippen LogP contribution in [0.3, 0.4) is 0 Å². The molecule has 0 aromatic heterocycles. The predicted molar refractivity (Wildman–Crippen MR) is 187 cm³/mol. The van der Waals surface area contributed by atoms with Crippen molar-refractivity contribution in [2.75, 3.05) is 24.6 Å². The molecule has 2 saturated heterocycles. The van der Waals surface area contributed by atoms with E-state index in [0.717, 1.165) is 11.1 Å². The molecular formula is C38H44BrN3O7. The summed E-state index contributed by atoms with van der Waals surface area (Å²) in [6, 6.07) is 13.1. The first-order chi connectivity index (χ1) is 23.5. The molecule has 4 aliphatic rings. The number of halogens is 1. The summed E-state index contributed by atoms with van der Waals surface area (Å²) in [7, 11) is 0. The Morgan fingerprint density at radius 2 is 1.80 bits per heavy atom. The van der Waals surface area contributed by atoms with Gasteiger partial charge >= 0.3 is 5.97 Å². The van der Waals surface area contributed by atoms with E-state index in [1.165, 1.54) is 4.90 Å². The van der Waals surface area contributed by atoms with E-state index in [9.17, 15) is 19.5 Å². The molecule has 0 aliphatic carbocycles. The molecule has 5 bridgehead atoms. The molecule has 0 saturated carbocycles. The van der Waals surface area contributed by atoms with E-state index in [-0.39, 0.29) is 43.8 Å². The first-order valence-corrected chi connectivity index (χ1v) is 17.8. The van der Waals surface area contributed by atoms with Gasteiger partial charge in [0.25, 0.3) is 5.91 Å². The number of aliphatic hydroxyl groups is 1. The average molecular weight is 735 g/mol. The Morgan fingerprint density at radius 1 is 1.04 bits per heavy atom. The van der Waals surface area contributed by atoms with Gasteiger partial charge in [-0.1, -0.05) is 84.4 Å². The molecule has 11 heteroatoms. The number of fused-ring (bicyclic) bond motifs is 2. The summed E-state index contributed by atoms with van der Waals surface area (Å²) < 4.78 is 13.4. The molecule has 7 atom stereocenters. The van der Waals surface area contributed by atoms with Crippen LogP contribution in [0.1, 0.15) is 55.9 Å². The quantitative estimate of drug-likeness (QED) is 0.327. The van der Waals surface area contributed by atoms with E-state index >= 15 is 4.79 Å². The molecule has 6 rings (SSSR count). The maximum atomic E-state index is 15.2. The lowest BCUT2D eigenvalue weighted by Crippen LogP contribution is -2.59. The van der Waals surface area contributed by atoms with E-state index in [2.05, 4.69) is 21.2 Å². The molecule has 2 aromatic rings. The number of carbonyl (C=O) groups excluding carboxylic acids is 4. The monoisotopic (exact) mass is 733 g/mol. The molecule has 260 valence electrons. The number of esters is 1. The van der Waals surface area contributed by atoms with Crippen LogP contribution in [-0.4, -0.2) is 77.2 Å². The number of likely N-dealkylation sites (tertiary alicyclic amines) is 1. The fraction of sp³-hybridized carbons (Fsp3) is 0.474. The summed E-state index contributed by atoms with van der Waals surface area (Å²) in [6.07, 6.45) is 4.92. The fourth-order valence-electron chi connectivity index (χ4n) is 7.81. The van der Waals surface area contributed by atoms with Gasteiger partial charge < -0.3 is 29.7 Å². The third-order valence-corrected chi connectivity index (χ3v) is 10.7. The van der Waals surface area contributed by atoms with Crippen molar-refractivity contribution >= 4 is 45.3 Å². The van der Waals surface area contributed by atoms with Gasteiger partial charge in [0, 0.05) is 23.1 Å². The molecule has 4 heterocycles. The third-order valence-electron chi connectivity index (χ3n) is 10.0. The average Bonchev–Trinajstić information content (AvgIpc) is 3.67. The zero-order valence-corrected chi connectivity index (χ0v) is 29.9. The van der Waals surface area contributed by atoms with E-state index in [0.29, 0.717) is 28.6 Å². The minimum atomic E-state index is -1.49. The van der Waals surface area contributed by atoms with Gasteiger partial charge in [0.15, 0.2) is 0 Å². The van der Waals surface area contributed by atoms with Gasteiger partial charge in [-0.2, -0.15) is 0 Å². The van der Waals surface area contributed by atoms with Gasteiger partial charge in [-0.05, 0) is 61.4 Å². The molecule has 0 radical (unpaired) electrons. The summed E-state index contributed by atoms with van der Waals surface area (Å²) in [5.74, 6) is -3.71. The lowest BCUT2D eigenvalue weighted by Gasteiger charge is -2.39. The standard InChI is InChI=1S/C38H44BrN3O7/c1-22(2)17-26(21-43)42-34-36(46)41(28-18-23(3)14-15-24(28)4)16-10-6-9-13-30(44)40-20-29(25-11-7-5-8-12-25)48-37(47)31-32(35(42)45)38(34)19-27(39)33(31)49-38/h5-8,10-12,14-15,18-19,22,26,29,31-34,43H,9,13,16-17,20-21H2,1-4H3,(H,40,44)/b10-6-/t26-,29+,31+,32-,33+,34+,38-/m1/s1. The first kappa shape index (κ1) is 35.0. The van der Waals surface area contributed by atoms with Gasteiger partial charge in [-0.3, -0.25) is 19.2 Å². The number of amides is 3. The van der Waals surface area contributed by atoms with Crippen molar-refractivity contribution in [2.24, 2.45) is 17.8 Å². The van der Waals surface area contributed by atoms with Crippen molar-refractivity contribution in [3.8, 4) is 0 Å². The third kappa shape index (κ3) is 6.48. The van der Waals surface area contributed by atoms with Crippen LogP contribution in [0.5, 0.6) is 0 Å². The number of ether oxygens (including phenoxy) is 2. The second-order valence-electron chi connectivity index (χ2n) is 13.9. The zero-order chi connectivity index (χ0) is 35.0. The summed E-state index contributed by atoms with van der Waals surface area (Å²) >= 11 is 3.62. The highest BCUT2D eigenvalue weighted by Gasteiger charge is 2.75. The minimum absolute atomic E-state index is 0.0476. The van der Waals surface area contributed by atoms with Gasteiger partial charge in [-0.25, -0.2) is 0 Å². The molecule has 1 spiro atoms. The number of rotatable bonds is 6. The van der Waals surface area contributed by atoms with Crippen LogP contribution < -0.4 is 10.2 Å². The Bertz CT molecular complexity index is 1680. The maximum absolute atomic E-state index is 15.2. The largest absolute Gasteiger partial charge is 0.455 e. The molecule has 4 aliphatic heterocycles. The van der Waals surface area contributed by atoms with Crippen LogP contribution >= 0.6 is 15.9 Å². The molecular weight excluding hydrogens is 690 g/mol. The highest BCUT2D eigenvalue weighted by Crippen LogP contribution is 2.59. The first-order valence-electron chi connectivity index (χ1n) is 17.0. The smallest absolute Gasteiger partial charge is 0.313 e. The summed E-state index contributed by atoms with van der Waals surface area (Å²) in [4.78, 5) is 60.4. The Labute approximate surface area is 295 Å². The van der Waals surface area contributed by atoms with Crippen LogP contribution in [0.2, 0.25) is 0 Å². The molecule has 49 heavy (non-hydrogen) atoms. The number of nitrogens with zero attached hydrogens (tertiary/aromatic N) is 2. The fourth-order valence-corrected chi connectivity index (χ4v) is 8.54. The van der Waals surface area contributed by atoms with Crippen LogP contribution in [0, 0.1) is 31.6 Å². The van der Waals surface area contributed by atoms with Gasteiger partial charge in [0.05, 0.1) is 25.1 Å². The second-order valence-corrected chi connectivity index (χ2v) is 14.8. The molecule has 2 N–H and O–H groups in total. The van der Waals surface area contributed by atoms with E-state index in [4.69, 9.17) is 9.47 Å². The lowest BCUT2D eigenvalue weighted by atomic mass is 9.74. The van der Waals surface area contributed by atoms with Gasteiger partial charge in [0.2, 0.25) is 11.8 Å². The minimum Gasteiger partial charge on any atom is -0.455 e. The van der Waals surface area contributed by atoms with E-state index in [1.807, 2.05) is 88.4 Å². The van der Waals surface area contributed by atoms with Crippen molar-refractivity contribution in [1.82, 2.24) is 10.2 Å². The van der Waals surface area contributed by atoms with Gasteiger partial charge in [-0.15, -0.1) is 0 Å². The number of cyclic esters (lactones) is 1. The highest BCUT2D eigenvalue weighted by molar-refractivity contribution is 9.11. The number of carbonyl (C=O) groups is 4. The normalized spacial score (nSPS) is 30.3. The number of hydrogen-bond donors (Lipinski definition) is 2. The lowest BCUT2D eigenvalue weighted by molar-refractivity contribution is -0.160. The number of benzene rings is 2. The maximum Gasteiger partial charge on any atom is 0.313 e. The second kappa shape index (κ2) is 14.2. The van der Waals surface area contributed by atoms with Crippen LogP contribution in [-0.2, 0) is 28.7 Å². The summed E-state index contributed by atoms with van der Waals surface area (Å²) in [6.45, 7) is 7.73. The van der Waals surface area contributed by atoms with E-state index in [1.54, 1.807) is 11.0 Å². The Morgan fingerprint density at radius 3 is 2.51 bits per heavy atom. The molecule has 10 nitrogen and oxygen atoms in total. The van der Waals surface area contributed by atoms with Crippen molar-refractivity contribution in [3.63, 3.8) is 0 Å².